The largest absolute Gasteiger partial charge is 0.390 e. The minimum absolute atomic E-state index is 0.0532. The summed E-state index contributed by atoms with van der Waals surface area (Å²) in [5.74, 6) is 0. The monoisotopic (exact) mass is 245 g/mol. The first-order chi connectivity index (χ1) is 8.80. The van der Waals surface area contributed by atoms with Gasteiger partial charge in [0.05, 0.1) is 18.0 Å². The van der Waals surface area contributed by atoms with Gasteiger partial charge in [-0.2, -0.15) is 0 Å². The molecule has 0 bridgehead atoms. The Morgan fingerprint density at radius 3 is 2.44 bits per heavy atom. The van der Waals surface area contributed by atoms with Crippen molar-refractivity contribution in [2.75, 3.05) is 0 Å². The van der Waals surface area contributed by atoms with Gasteiger partial charge < -0.3 is 5.11 Å². The van der Waals surface area contributed by atoms with E-state index in [2.05, 4.69) is 36.3 Å². The van der Waals surface area contributed by atoms with Crippen molar-refractivity contribution < 1.29 is 5.11 Å². The predicted octanol–water partition coefficient (Wildman–Crippen LogP) is 2.27. The van der Waals surface area contributed by atoms with Crippen LogP contribution in [0.15, 0.2) is 24.3 Å². The van der Waals surface area contributed by atoms with Crippen LogP contribution in [0, 0.1) is 0 Å². The van der Waals surface area contributed by atoms with Gasteiger partial charge in [-0.05, 0) is 30.5 Å². The topological polar surface area (TPSA) is 50.9 Å². The number of aliphatic hydroxyl groups excluding tert-OH is 1. The van der Waals surface area contributed by atoms with E-state index >= 15 is 0 Å². The van der Waals surface area contributed by atoms with Gasteiger partial charge in [0.15, 0.2) is 0 Å². The zero-order valence-electron chi connectivity index (χ0n) is 10.9. The third kappa shape index (κ3) is 2.43. The molecular weight excluding hydrogens is 226 g/mol. The zero-order valence-corrected chi connectivity index (χ0v) is 10.9. The minimum Gasteiger partial charge on any atom is -0.390 e. The molecule has 1 aromatic heterocycles. The fourth-order valence-corrected chi connectivity index (χ4v) is 2.02. The summed E-state index contributed by atoms with van der Waals surface area (Å²) in [5, 5.41) is 17.4. The fraction of sp³-hybridized carbons (Fsp3) is 0.429. The minimum atomic E-state index is -0.0532. The van der Waals surface area contributed by atoms with E-state index in [9.17, 15) is 5.11 Å². The van der Waals surface area contributed by atoms with Crippen LogP contribution in [0.4, 0.5) is 0 Å². The Hall–Kier alpha value is -1.68. The highest BCUT2D eigenvalue weighted by Crippen LogP contribution is 2.16. The maximum Gasteiger partial charge on any atom is 0.112 e. The summed E-state index contributed by atoms with van der Waals surface area (Å²) >= 11 is 0. The quantitative estimate of drug-likeness (QED) is 0.879. The van der Waals surface area contributed by atoms with E-state index in [1.807, 2.05) is 16.8 Å². The van der Waals surface area contributed by atoms with Gasteiger partial charge in [0.2, 0.25) is 0 Å². The number of benzene rings is 1. The number of aryl methyl sites for hydroxylation is 1. The third-order valence-electron chi connectivity index (χ3n) is 3.07. The van der Waals surface area contributed by atoms with E-state index < -0.39 is 0 Å². The summed E-state index contributed by atoms with van der Waals surface area (Å²) in [6.45, 7) is 4.19. The molecule has 0 saturated carbocycles. The number of aliphatic hydroxyl groups is 1. The first-order valence-corrected chi connectivity index (χ1v) is 6.43. The molecule has 96 valence electrons. The Kier molecular flexibility index (Phi) is 4.10. The molecule has 2 aromatic rings. The predicted molar refractivity (Wildman–Crippen MR) is 70.7 cm³/mol. The van der Waals surface area contributed by atoms with Crippen molar-refractivity contribution in [1.82, 2.24) is 15.0 Å². The molecular formula is C14H19N3O. The number of hydrogen-bond acceptors (Lipinski definition) is 3. The molecule has 4 nitrogen and oxygen atoms in total. The summed E-state index contributed by atoms with van der Waals surface area (Å²) in [5.41, 5.74) is 3.99. The summed E-state index contributed by atoms with van der Waals surface area (Å²) in [6, 6.07) is 8.30. The van der Waals surface area contributed by atoms with Crippen LogP contribution in [0.2, 0.25) is 0 Å². The molecule has 4 heteroatoms. The van der Waals surface area contributed by atoms with Crippen LogP contribution >= 0.6 is 0 Å². The normalized spacial score (nSPS) is 10.8. The number of rotatable bonds is 5. The lowest BCUT2D eigenvalue weighted by Crippen LogP contribution is -2.04. The first kappa shape index (κ1) is 12.8. The summed E-state index contributed by atoms with van der Waals surface area (Å²) in [6.07, 6.45) is 2.91. The Bertz CT molecular complexity index is 502. The molecule has 1 N–H and O–H groups in total. The second kappa shape index (κ2) is 5.78. The van der Waals surface area contributed by atoms with Gasteiger partial charge in [-0.25, -0.2) is 4.68 Å². The van der Waals surface area contributed by atoms with Crippen LogP contribution in [0.5, 0.6) is 0 Å². The van der Waals surface area contributed by atoms with E-state index in [0.29, 0.717) is 5.69 Å². The Balaban J connectivity index is 2.39. The first-order valence-electron chi connectivity index (χ1n) is 6.43. The second-order valence-corrected chi connectivity index (χ2v) is 4.32. The lowest BCUT2D eigenvalue weighted by atomic mass is 10.1. The van der Waals surface area contributed by atoms with Crippen LogP contribution in [0.3, 0.4) is 0 Å². The van der Waals surface area contributed by atoms with E-state index in [-0.39, 0.29) is 6.61 Å². The van der Waals surface area contributed by atoms with Gasteiger partial charge in [0.1, 0.15) is 5.69 Å². The van der Waals surface area contributed by atoms with Gasteiger partial charge in [0.25, 0.3) is 0 Å². The Morgan fingerprint density at radius 1 is 1.17 bits per heavy atom. The highest BCUT2D eigenvalue weighted by Gasteiger charge is 2.12. The molecule has 0 amide bonds. The van der Waals surface area contributed by atoms with Crippen molar-refractivity contribution in [2.45, 2.75) is 39.7 Å². The van der Waals surface area contributed by atoms with Gasteiger partial charge >= 0.3 is 0 Å². The van der Waals surface area contributed by atoms with Gasteiger partial charge in [-0.3, -0.25) is 0 Å². The number of nitrogens with zero attached hydrogens (tertiary/aromatic N) is 3. The van der Waals surface area contributed by atoms with E-state index in [0.717, 1.165) is 30.6 Å². The molecule has 0 spiro atoms. The average molecular weight is 245 g/mol. The number of aromatic nitrogens is 3. The SMILES string of the molecule is CCCc1c(CO)nnn1-c1ccc(CC)cc1. The molecule has 1 heterocycles. The van der Waals surface area contributed by atoms with E-state index in [1.165, 1.54) is 5.56 Å². The van der Waals surface area contributed by atoms with Crippen LogP contribution in [0.1, 0.15) is 37.2 Å². The highest BCUT2D eigenvalue weighted by molar-refractivity contribution is 5.36. The second-order valence-electron chi connectivity index (χ2n) is 4.32. The standard InChI is InChI=1S/C14H19N3O/c1-3-5-14-13(10-18)15-16-17(14)12-8-6-11(4-2)7-9-12/h6-9,18H,3-5,10H2,1-2H3. The Morgan fingerprint density at radius 2 is 1.89 bits per heavy atom. The molecule has 0 unspecified atom stereocenters. The third-order valence-corrected chi connectivity index (χ3v) is 3.07. The smallest absolute Gasteiger partial charge is 0.112 e. The van der Waals surface area contributed by atoms with Crippen LogP contribution in [0.25, 0.3) is 5.69 Å². The van der Waals surface area contributed by atoms with Crippen molar-refractivity contribution in [2.24, 2.45) is 0 Å². The molecule has 0 aliphatic heterocycles. The van der Waals surface area contributed by atoms with Crippen molar-refractivity contribution in [3.63, 3.8) is 0 Å². The molecule has 0 atom stereocenters. The molecule has 0 aliphatic rings. The summed E-state index contributed by atoms with van der Waals surface area (Å²) in [7, 11) is 0. The van der Waals surface area contributed by atoms with Crippen molar-refractivity contribution in [3.05, 3.63) is 41.2 Å². The lowest BCUT2D eigenvalue weighted by molar-refractivity contribution is 0.275. The maximum absolute atomic E-state index is 9.27. The van der Waals surface area contributed by atoms with E-state index in [1.54, 1.807) is 0 Å². The van der Waals surface area contributed by atoms with Crippen LogP contribution in [-0.2, 0) is 19.4 Å². The van der Waals surface area contributed by atoms with Crippen LogP contribution < -0.4 is 0 Å². The van der Waals surface area contributed by atoms with Crippen molar-refractivity contribution in [3.8, 4) is 5.69 Å². The maximum atomic E-state index is 9.27. The van der Waals surface area contributed by atoms with E-state index in [4.69, 9.17) is 0 Å². The van der Waals surface area contributed by atoms with Gasteiger partial charge in [-0.1, -0.05) is 37.6 Å². The lowest BCUT2D eigenvalue weighted by Gasteiger charge is -2.07. The average Bonchev–Trinajstić information content (AvgIpc) is 2.82. The summed E-state index contributed by atoms with van der Waals surface area (Å²) in [4.78, 5) is 0. The van der Waals surface area contributed by atoms with Gasteiger partial charge in [0, 0.05) is 0 Å². The molecule has 2 rings (SSSR count). The fourth-order valence-electron chi connectivity index (χ4n) is 2.02. The molecule has 1 aromatic carbocycles. The number of hydrogen-bond donors (Lipinski definition) is 1. The molecule has 0 fully saturated rings. The van der Waals surface area contributed by atoms with Crippen molar-refractivity contribution >= 4 is 0 Å². The zero-order chi connectivity index (χ0) is 13.0. The van der Waals surface area contributed by atoms with Gasteiger partial charge in [-0.15, -0.1) is 5.10 Å². The van der Waals surface area contributed by atoms with Crippen molar-refractivity contribution in [1.29, 1.82) is 0 Å². The molecule has 18 heavy (non-hydrogen) atoms. The Labute approximate surface area is 107 Å². The molecule has 0 radical (unpaired) electrons. The van der Waals surface area contributed by atoms with Crippen LogP contribution in [-0.4, -0.2) is 20.1 Å². The highest BCUT2D eigenvalue weighted by atomic mass is 16.3. The molecule has 0 saturated heterocycles. The molecule has 0 aliphatic carbocycles. The summed E-state index contributed by atoms with van der Waals surface area (Å²) < 4.78 is 1.83.